The molecule has 1 aliphatic rings. The number of sulfonamides is 1. The molecule has 0 radical (unpaired) electrons. The largest absolute Gasteiger partial charge is 0.395 e. The van der Waals surface area contributed by atoms with Crippen LogP contribution in [0.5, 0.6) is 0 Å². The highest BCUT2D eigenvalue weighted by atomic mass is 32.2. The van der Waals surface area contributed by atoms with Gasteiger partial charge in [-0.05, 0) is 43.9 Å². The maximum absolute atomic E-state index is 12.6. The first kappa shape index (κ1) is 13.5. The zero-order valence-electron chi connectivity index (χ0n) is 10.8. The number of hydrogen-bond donors (Lipinski definition) is 1. The highest BCUT2D eigenvalue weighted by Gasteiger charge is 2.35. The van der Waals surface area contributed by atoms with Gasteiger partial charge >= 0.3 is 0 Å². The summed E-state index contributed by atoms with van der Waals surface area (Å²) in [5, 5.41) is 9.26. The lowest BCUT2D eigenvalue weighted by Gasteiger charge is -2.23. The van der Waals surface area contributed by atoms with Crippen molar-refractivity contribution in [2.75, 3.05) is 13.2 Å². The van der Waals surface area contributed by atoms with E-state index in [1.54, 1.807) is 13.0 Å². The van der Waals surface area contributed by atoms with Crippen molar-refractivity contribution in [3.05, 3.63) is 29.3 Å². The summed E-state index contributed by atoms with van der Waals surface area (Å²) in [6, 6.07) is 5.17. The summed E-state index contributed by atoms with van der Waals surface area (Å²) in [7, 11) is -3.48. The van der Waals surface area contributed by atoms with Crippen molar-refractivity contribution in [3.63, 3.8) is 0 Å². The molecule has 100 valence electrons. The van der Waals surface area contributed by atoms with Crippen LogP contribution in [-0.4, -0.2) is 37.0 Å². The molecule has 1 aromatic rings. The second-order valence-corrected chi connectivity index (χ2v) is 6.72. The number of rotatable bonds is 3. The van der Waals surface area contributed by atoms with Crippen molar-refractivity contribution in [3.8, 4) is 0 Å². The van der Waals surface area contributed by atoms with E-state index in [-0.39, 0.29) is 12.6 Å². The molecule has 1 fully saturated rings. The average Bonchev–Trinajstić information content (AvgIpc) is 2.81. The van der Waals surface area contributed by atoms with E-state index in [1.165, 1.54) is 4.31 Å². The number of hydrogen-bond acceptors (Lipinski definition) is 3. The van der Waals surface area contributed by atoms with Crippen molar-refractivity contribution >= 4 is 10.0 Å². The molecular weight excluding hydrogens is 250 g/mol. The minimum absolute atomic E-state index is 0.107. The van der Waals surface area contributed by atoms with Crippen LogP contribution >= 0.6 is 0 Å². The minimum atomic E-state index is -3.48. The van der Waals surface area contributed by atoms with Crippen molar-refractivity contribution < 1.29 is 13.5 Å². The lowest BCUT2D eigenvalue weighted by Crippen LogP contribution is -2.37. The van der Waals surface area contributed by atoms with Crippen LogP contribution in [0, 0.1) is 13.8 Å². The van der Waals surface area contributed by atoms with Gasteiger partial charge in [-0.25, -0.2) is 8.42 Å². The second kappa shape index (κ2) is 4.99. The number of nitrogens with zero attached hydrogens (tertiary/aromatic N) is 1. The Labute approximate surface area is 108 Å². The van der Waals surface area contributed by atoms with E-state index in [1.807, 2.05) is 19.1 Å². The van der Waals surface area contributed by atoms with Gasteiger partial charge in [0.05, 0.1) is 11.5 Å². The predicted molar refractivity (Wildman–Crippen MR) is 69.9 cm³/mol. The molecule has 0 bridgehead atoms. The van der Waals surface area contributed by atoms with Crippen LogP contribution in [0.2, 0.25) is 0 Å². The summed E-state index contributed by atoms with van der Waals surface area (Å²) in [5.41, 5.74) is 1.68. The van der Waals surface area contributed by atoms with Crippen molar-refractivity contribution in [2.24, 2.45) is 0 Å². The molecule has 1 unspecified atom stereocenters. The molecule has 0 aliphatic carbocycles. The first-order chi connectivity index (χ1) is 8.46. The van der Waals surface area contributed by atoms with Crippen LogP contribution in [0.3, 0.4) is 0 Å². The highest BCUT2D eigenvalue weighted by Crippen LogP contribution is 2.28. The Bertz CT molecular complexity index is 539. The molecule has 1 atom stereocenters. The van der Waals surface area contributed by atoms with Gasteiger partial charge < -0.3 is 5.11 Å². The van der Waals surface area contributed by atoms with Crippen molar-refractivity contribution in [1.29, 1.82) is 0 Å². The summed E-state index contributed by atoms with van der Waals surface area (Å²) >= 11 is 0. The number of aliphatic hydroxyl groups is 1. The van der Waals surface area contributed by atoms with E-state index in [9.17, 15) is 13.5 Å². The van der Waals surface area contributed by atoms with Crippen LogP contribution in [-0.2, 0) is 10.0 Å². The Balaban J connectivity index is 2.45. The van der Waals surface area contributed by atoms with Crippen LogP contribution < -0.4 is 0 Å². The van der Waals surface area contributed by atoms with Gasteiger partial charge in [-0.15, -0.1) is 0 Å². The summed E-state index contributed by atoms with van der Waals surface area (Å²) in [6.07, 6.45) is 1.55. The molecule has 0 amide bonds. The van der Waals surface area contributed by atoms with E-state index in [4.69, 9.17) is 0 Å². The van der Waals surface area contributed by atoms with Crippen molar-refractivity contribution in [2.45, 2.75) is 37.6 Å². The van der Waals surface area contributed by atoms with E-state index < -0.39 is 10.0 Å². The topological polar surface area (TPSA) is 57.6 Å². The third-order valence-electron chi connectivity index (χ3n) is 3.46. The number of aliphatic hydroxyl groups excluding tert-OH is 1. The monoisotopic (exact) mass is 269 g/mol. The molecule has 2 rings (SSSR count). The fourth-order valence-electron chi connectivity index (χ4n) is 2.42. The Morgan fingerprint density at radius 3 is 2.78 bits per heavy atom. The molecule has 1 heterocycles. The number of benzene rings is 1. The minimum Gasteiger partial charge on any atom is -0.395 e. The Morgan fingerprint density at radius 2 is 2.11 bits per heavy atom. The third kappa shape index (κ3) is 2.30. The van der Waals surface area contributed by atoms with Gasteiger partial charge in [0, 0.05) is 12.6 Å². The quantitative estimate of drug-likeness (QED) is 0.903. The molecule has 5 heteroatoms. The highest BCUT2D eigenvalue weighted by molar-refractivity contribution is 7.89. The van der Waals surface area contributed by atoms with Gasteiger partial charge in [0.15, 0.2) is 0 Å². The van der Waals surface area contributed by atoms with Gasteiger partial charge in [0.25, 0.3) is 0 Å². The van der Waals surface area contributed by atoms with Crippen LogP contribution in [0.25, 0.3) is 0 Å². The SMILES string of the molecule is Cc1ccc(C)c(S(=O)(=O)N2CCCC2CO)c1. The molecular formula is C13H19NO3S. The molecule has 0 aromatic heterocycles. The summed E-state index contributed by atoms with van der Waals surface area (Å²) in [5.74, 6) is 0. The predicted octanol–water partition coefficient (Wildman–Crippen LogP) is 1.45. The molecule has 18 heavy (non-hydrogen) atoms. The molecule has 1 saturated heterocycles. The maximum Gasteiger partial charge on any atom is 0.243 e. The summed E-state index contributed by atoms with van der Waals surface area (Å²) < 4.78 is 26.6. The molecule has 0 saturated carbocycles. The Kier molecular flexibility index (Phi) is 3.75. The molecule has 1 aliphatic heterocycles. The molecule has 1 aromatic carbocycles. The summed E-state index contributed by atoms with van der Waals surface area (Å²) in [4.78, 5) is 0.364. The van der Waals surface area contributed by atoms with Gasteiger partial charge in [-0.3, -0.25) is 0 Å². The lowest BCUT2D eigenvalue weighted by atomic mass is 10.2. The van der Waals surface area contributed by atoms with Gasteiger partial charge in [0.1, 0.15) is 0 Å². The zero-order chi connectivity index (χ0) is 13.3. The van der Waals surface area contributed by atoms with Crippen LogP contribution in [0.4, 0.5) is 0 Å². The normalized spacial score (nSPS) is 21.4. The Morgan fingerprint density at radius 1 is 1.39 bits per heavy atom. The average molecular weight is 269 g/mol. The smallest absolute Gasteiger partial charge is 0.243 e. The zero-order valence-corrected chi connectivity index (χ0v) is 11.6. The lowest BCUT2D eigenvalue weighted by molar-refractivity contribution is 0.213. The summed E-state index contributed by atoms with van der Waals surface area (Å²) in [6.45, 7) is 4.08. The standard InChI is InChI=1S/C13H19NO3S/c1-10-5-6-11(2)13(8-10)18(16,17)14-7-3-4-12(14)9-15/h5-6,8,12,15H,3-4,7,9H2,1-2H3. The first-order valence-corrected chi connectivity index (χ1v) is 7.61. The second-order valence-electron chi connectivity index (χ2n) is 4.86. The van der Waals surface area contributed by atoms with E-state index in [2.05, 4.69) is 0 Å². The van der Waals surface area contributed by atoms with E-state index in [0.29, 0.717) is 11.4 Å². The molecule has 0 spiro atoms. The third-order valence-corrected chi connectivity index (χ3v) is 5.56. The van der Waals surface area contributed by atoms with E-state index >= 15 is 0 Å². The van der Waals surface area contributed by atoms with Crippen LogP contribution in [0.1, 0.15) is 24.0 Å². The fraction of sp³-hybridized carbons (Fsp3) is 0.538. The number of aryl methyl sites for hydroxylation is 2. The Hall–Kier alpha value is -0.910. The van der Waals surface area contributed by atoms with Gasteiger partial charge in [-0.1, -0.05) is 12.1 Å². The first-order valence-electron chi connectivity index (χ1n) is 6.17. The van der Waals surface area contributed by atoms with Crippen molar-refractivity contribution in [1.82, 2.24) is 4.31 Å². The maximum atomic E-state index is 12.6. The van der Waals surface area contributed by atoms with Crippen LogP contribution in [0.15, 0.2) is 23.1 Å². The fourth-order valence-corrected chi connectivity index (χ4v) is 4.42. The van der Waals surface area contributed by atoms with Gasteiger partial charge in [0.2, 0.25) is 10.0 Å². The van der Waals surface area contributed by atoms with E-state index in [0.717, 1.165) is 24.0 Å². The van der Waals surface area contributed by atoms with Gasteiger partial charge in [-0.2, -0.15) is 4.31 Å². The molecule has 4 nitrogen and oxygen atoms in total. The molecule has 1 N–H and O–H groups in total.